The van der Waals surface area contributed by atoms with E-state index in [9.17, 15) is 0 Å². The van der Waals surface area contributed by atoms with E-state index in [0.717, 1.165) is 18.9 Å². The van der Waals surface area contributed by atoms with Gasteiger partial charge in [0.05, 0.1) is 0 Å². The van der Waals surface area contributed by atoms with Gasteiger partial charge in [0.15, 0.2) is 0 Å². The molecule has 2 N–H and O–H groups in total. The molecule has 0 radical (unpaired) electrons. The fourth-order valence-corrected chi connectivity index (χ4v) is 3.53. The van der Waals surface area contributed by atoms with Crippen molar-refractivity contribution in [2.45, 2.75) is 63.1 Å². The van der Waals surface area contributed by atoms with Crippen LogP contribution in [0.2, 0.25) is 0 Å². The minimum absolute atomic E-state index is 0. The van der Waals surface area contributed by atoms with Crippen molar-refractivity contribution in [2.24, 2.45) is 5.92 Å². The van der Waals surface area contributed by atoms with E-state index >= 15 is 0 Å². The van der Waals surface area contributed by atoms with Gasteiger partial charge in [0.1, 0.15) is 0 Å². The van der Waals surface area contributed by atoms with Gasteiger partial charge < -0.3 is 16.1 Å². The van der Waals surface area contributed by atoms with Crippen molar-refractivity contribution in [3.8, 4) is 0 Å². The second kappa shape index (κ2) is 10.8. The standard InChI is InChI=1S/C14H22N2.2BrH.Mn.H2O/c1-2-6-12-11(5-1)8-9-14(16-12)13-7-3-4-10-15-13;;;;/h3,7,11-14H,1-2,4-6,8-10H2;2*1H;;1H2/q-2;;;+2;/p-2. The number of halogens is 2. The first-order valence-electron chi connectivity index (χ1n) is 7.25. The molecule has 1 saturated carbocycles. The summed E-state index contributed by atoms with van der Waals surface area (Å²) in [5.41, 5.74) is 0. The Labute approximate surface area is 143 Å². The van der Waals surface area contributed by atoms with E-state index in [2.05, 4.69) is 40.4 Å². The van der Waals surface area contributed by atoms with E-state index in [1.54, 1.807) is 0 Å². The van der Waals surface area contributed by atoms with Crippen molar-refractivity contribution >= 4 is 28.2 Å². The number of fused-ring (bicyclic) bond motifs is 1. The predicted molar refractivity (Wildman–Crippen MR) is 89.4 cm³/mol. The minimum atomic E-state index is 0. The molecule has 20 heavy (non-hydrogen) atoms. The van der Waals surface area contributed by atoms with Crippen molar-refractivity contribution in [3.05, 3.63) is 22.8 Å². The molecule has 0 spiro atoms. The van der Waals surface area contributed by atoms with Crippen LogP contribution in [0.25, 0.3) is 10.6 Å². The van der Waals surface area contributed by atoms with Crippen molar-refractivity contribution < 1.29 is 16.8 Å². The normalized spacial score (nSPS) is 36.1. The van der Waals surface area contributed by atoms with E-state index in [4.69, 9.17) is 10.6 Å². The van der Waals surface area contributed by atoms with Crippen LogP contribution in [0.3, 0.4) is 0 Å². The van der Waals surface area contributed by atoms with E-state index in [1.807, 2.05) is 0 Å². The molecule has 6 heteroatoms. The molecule has 1 aliphatic carbocycles. The quantitative estimate of drug-likeness (QED) is 0.412. The molecule has 0 amide bonds. The Hall–Kier alpha value is 1.10. The first kappa shape index (κ1) is 19.1. The van der Waals surface area contributed by atoms with Crippen molar-refractivity contribution in [2.75, 3.05) is 6.54 Å². The summed E-state index contributed by atoms with van der Waals surface area (Å²) in [6.07, 6.45) is 14.0. The first-order chi connectivity index (χ1) is 9.35. The average molecular weight is 451 g/mol. The van der Waals surface area contributed by atoms with Crippen LogP contribution < -0.4 is 0 Å². The fourth-order valence-electron chi connectivity index (χ4n) is 3.53. The zero-order valence-corrected chi connectivity index (χ0v) is 16.0. The summed E-state index contributed by atoms with van der Waals surface area (Å²) in [6, 6.07) is 1.60. The SMILES string of the molecule is C1=CC(C2CCC3CCCCC3[N-]2)[N-]CC1.O.[Br][Mn][Br]. The average Bonchev–Trinajstić information content (AvgIpc) is 2.48. The van der Waals surface area contributed by atoms with Crippen LogP contribution >= 0.6 is 28.2 Å². The first-order valence-corrected chi connectivity index (χ1v) is 13.1. The summed E-state index contributed by atoms with van der Waals surface area (Å²) in [4.78, 5) is 0. The number of nitrogens with zero attached hydrogens (tertiary/aromatic N) is 2. The Morgan fingerprint density at radius 1 is 1.00 bits per heavy atom. The Morgan fingerprint density at radius 2 is 1.75 bits per heavy atom. The molecular formula is C14H24Br2MnN2O-2. The molecule has 0 aromatic rings. The molecular weight excluding hydrogens is 427 g/mol. The zero-order valence-electron chi connectivity index (χ0n) is 11.6. The molecule has 1 saturated heterocycles. The molecule has 4 atom stereocenters. The van der Waals surface area contributed by atoms with Gasteiger partial charge >= 0.3 is 39.6 Å². The molecule has 2 heterocycles. The molecule has 0 aromatic heterocycles. The van der Waals surface area contributed by atoms with E-state index in [1.165, 1.54) is 38.5 Å². The van der Waals surface area contributed by atoms with Gasteiger partial charge in [0.25, 0.3) is 0 Å². The van der Waals surface area contributed by atoms with Gasteiger partial charge in [-0.1, -0.05) is 56.9 Å². The molecule has 3 aliphatic rings. The Kier molecular flexibility index (Phi) is 10.3. The molecule has 4 unspecified atom stereocenters. The monoisotopic (exact) mass is 449 g/mol. The summed E-state index contributed by atoms with van der Waals surface area (Å²) in [5.74, 6) is 0.914. The molecule has 3 rings (SSSR count). The Balaban J connectivity index is 0.000000462. The molecule has 2 fully saturated rings. The second-order valence-corrected chi connectivity index (χ2v) is 11.5. The van der Waals surface area contributed by atoms with Gasteiger partial charge in [-0.15, -0.1) is 30.7 Å². The molecule has 2 aliphatic heterocycles. The van der Waals surface area contributed by atoms with Gasteiger partial charge in [0, 0.05) is 0 Å². The van der Waals surface area contributed by atoms with E-state index in [0.29, 0.717) is 29.5 Å². The Bertz CT molecular complexity index is 294. The van der Waals surface area contributed by atoms with Crippen LogP contribution in [0.5, 0.6) is 0 Å². The van der Waals surface area contributed by atoms with Gasteiger partial charge in [-0.3, -0.25) is 0 Å². The number of hydrogen-bond donors (Lipinski definition) is 0. The van der Waals surface area contributed by atoms with Gasteiger partial charge in [-0.25, -0.2) is 0 Å². The maximum atomic E-state index is 5.08. The van der Waals surface area contributed by atoms with Crippen molar-refractivity contribution in [3.63, 3.8) is 0 Å². The van der Waals surface area contributed by atoms with Gasteiger partial charge in [0.2, 0.25) is 0 Å². The molecule has 119 valence electrons. The fraction of sp³-hybridized carbons (Fsp3) is 0.857. The van der Waals surface area contributed by atoms with Crippen LogP contribution in [0.4, 0.5) is 0 Å². The van der Waals surface area contributed by atoms with Gasteiger partial charge in [-0.2, -0.15) is 0 Å². The number of hydrogen-bond acceptors (Lipinski definition) is 0. The van der Waals surface area contributed by atoms with Crippen molar-refractivity contribution in [1.29, 1.82) is 0 Å². The van der Waals surface area contributed by atoms with Crippen LogP contribution in [-0.4, -0.2) is 30.1 Å². The maximum absolute atomic E-state index is 5.08. The van der Waals surface area contributed by atoms with E-state index < -0.39 is 0 Å². The second-order valence-electron chi connectivity index (χ2n) is 5.57. The summed E-state index contributed by atoms with van der Waals surface area (Å²) in [6.45, 7) is 1.02. The third-order valence-corrected chi connectivity index (χ3v) is 4.45. The van der Waals surface area contributed by atoms with Crippen LogP contribution in [0.15, 0.2) is 12.2 Å². The number of piperidine rings is 1. The zero-order chi connectivity index (χ0) is 13.5. The summed E-state index contributed by atoms with van der Waals surface area (Å²) in [7, 11) is 0. The predicted octanol–water partition coefficient (Wildman–Crippen LogP) is 4.65. The third kappa shape index (κ3) is 5.71. The van der Waals surface area contributed by atoms with E-state index in [-0.39, 0.29) is 5.48 Å². The van der Waals surface area contributed by atoms with Crippen LogP contribution in [-0.2, 0) is 11.3 Å². The van der Waals surface area contributed by atoms with Crippen LogP contribution in [0, 0.1) is 5.92 Å². The summed E-state index contributed by atoms with van der Waals surface area (Å²) >= 11 is 6.88. The topological polar surface area (TPSA) is 59.7 Å². The Morgan fingerprint density at radius 3 is 2.45 bits per heavy atom. The summed E-state index contributed by atoms with van der Waals surface area (Å²) in [5, 5.41) is 9.79. The molecule has 0 aromatic carbocycles. The summed E-state index contributed by atoms with van der Waals surface area (Å²) < 4.78 is 0. The van der Waals surface area contributed by atoms with Crippen molar-refractivity contribution in [1.82, 2.24) is 0 Å². The third-order valence-electron chi connectivity index (χ3n) is 4.45. The molecule has 0 bridgehead atoms. The molecule has 3 nitrogen and oxygen atoms in total. The van der Waals surface area contributed by atoms with Gasteiger partial charge in [-0.05, 0) is 0 Å². The van der Waals surface area contributed by atoms with Crippen LogP contribution in [0.1, 0.15) is 44.9 Å². The number of rotatable bonds is 1.